The molecule has 3 aliphatic rings. The van der Waals surface area contributed by atoms with Crippen LogP contribution in [0.4, 0.5) is 0 Å². The normalized spacial score (nSPS) is 37.2. The van der Waals surface area contributed by atoms with Crippen LogP contribution in [0.25, 0.3) is 0 Å². The van der Waals surface area contributed by atoms with Crippen LogP contribution in [0.1, 0.15) is 13.3 Å². The molecule has 0 aromatic rings. The largest absolute Gasteiger partial charge is 0.465 e. The number of hydrogen-bond acceptors (Lipinski definition) is 4. The number of Topliss-reactive ketones (excluding diaryl/α,β-unsaturated/α-hetero) is 1. The number of esters is 1. The van der Waals surface area contributed by atoms with Crippen molar-refractivity contribution in [1.82, 2.24) is 4.90 Å². The third kappa shape index (κ3) is 1.40. The standard InChI is InChI=1S/C12H17NO3/c1-3-9-7-13-6-5-12(9,10(14)8-13)11(15)16-4-2/h3,9H,1,4-8H2,2H3/t9-,12+/m0/s1. The molecule has 4 nitrogen and oxygen atoms in total. The van der Waals surface area contributed by atoms with E-state index < -0.39 is 5.41 Å². The highest BCUT2D eigenvalue weighted by atomic mass is 16.5. The van der Waals surface area contributed by atoms with Crippen LogP contribution >= 0.6 is 0 Å². The van der Waals surface area contributed by atoms with Crippen molar-refractivity contribution in [3.8, 4) is 0 Å². The van der Waals surface area contributed by atoms with Gasteiger partial charge >= 0.3 is 5.97 Å². The van der Waals surface area contributed by atoms with E-state index in [0.717, 1.165) is 13.1 Å². The lowest BCUT2D eigenvalue weighted by Gasteiger charge is -2.49. The van der Waals surface area contributed by atoms with E-state index in [0.29, 0.717) is 19.6 Å². The molecule has 4 heteroatoms. The number of ether oxygens (including phenoxy) is 1. The molecule has 3 fully saturated rings. The Bertz CT molecular complexity index is 339. The van der Waals surface area contributed by atoms with Gasteiger partial charge in [0.25, 0.3) is 0 Å². The van der Waals surface area contributed by atoms with E-state index in [1.54, 1.807) is 13.0 Å². The monoisotopic (exact) mass is 223 g/mol. The molecular weight excluding hydrogens is 206 g/mol. The van der Waals surface area contributed by atoms with Gasteiger partial charge in [0, 0.05) is 19.0 Å². The minimum Gasteiger partial charge on any atom is -0.465 e. The van der Waals surface area contributed by atoms with Gasteiger partial charge in [-0.25, -0.2) is 0 Å². The topological polar surface area (TPSA) is 46.6 Å². The summed E-state index contributed by atoms with van der Waals surface area (Å²) in [6, 6.07) is 0. The summed E-state index contributed by atoms with van der Waals surface area (Å²) in [5.41, 5.74) is -0.938. The summed E-state index contributed by atoms with van der Waals surface area (Å²) in [6.07, 6.45) is 2.29. The maximum Gasteiger partial charge on any atom is 0.320 e. The molecular formula is C12H17NO3. The van der Waals surface area contributed by atoms with Gasteiger partial charge in [0.2, 0.25) is 0 Å². The molecule has 3 rings (SSSR count). The molecule has 88 valence electrons. The van der Waals surface area contributed by atoms with Gasteiger partial charge in [0.05, 0.1) is 13.2 Å². The summed E-state index contributed by atoms with van der Waals surface area (Å²) in [5, 5.41) is 0. The van der Waals surface area contributed by atoms with Crippen LogP contribution < -0.4 is 0 Å². The van der Waals surface area contributed by atoms with Crippen LogP contribution in [0.15, 0.2) is 12.7 Å². The maximum absolute atomic E-state index is 12.1. The van der Waals surface area contributed by atoms with Gasteiger partial charge < -0.3 is 4.74 Å². The van der Waals surface area contributed by atoms with Crippen molar-refractivity contribution in [3.05, 3.63) is 12.7 Å². The van der Waals surface area contributed by atoms with Crippen molar-refractivity contribution in [2.45, 2.75) is 13.3 Å². The van der Waals surface area contributed by atoms with E-state index >= 15 is 0 Å². The molecule has 3 aliphatic heterocycles. The zero-order chi connectivity index (χ0) is 11.8. The summed E-state index contributed by atoms with van der Waals surface area (Å²) in [5.74, 6) is -0.459. The van der Waals surface area contributed by atoms with Crippen molar-refractivity contribution in [3.63, 3.8) is 0 Å². The molecule has 3 atom stereocenters. The van der Waals surface area contributed by atoms with E-state index in [9.17, 15) is 9.59 Å². The van der Waals surface area contributed by atoms with Gasteiger partial charge in [-0.1, -0.05) is 6.08 Å². The minimum atomic E-state index is -0.938. The molecule has 0 aromatic carbocycles. The van der Waals surface area contributed by atoms with E-state index in [1.807, 2.05) is 0 Å². The van der Waals surface area contributed by atoms with E-state index in [1.165, 1.54) is 0 Å². The van der Waals surface area contributed by atoms with Crippen molar-refractivity contribution < 1.29 is 14.3 Å². The lowest BCUT2D eigenvalue weighted by molar-refractivity contribution is -0.172. The van der Waals surface area contributed by atoms with E-state index in [-0.39, 0.29) is 17.7 Å². The molecule has 0 spiro atoms. The Morgan fingerprint density at radius 3 is 3.06 bits per heavy atom. The molecule has 0 radical (unpaired) electrons. The van der Waals surface area contributed by atoms with Crippen molar-refractivity contribution in [2.75, 3.05) is 26.2 Å². The second kappa shape index (κ2) is 4.01. The number of rotatable bonds is 3. The zero-order valence-electron chi connectivity index (χ0n) is 9.57. The minimum absolute atomic E-state index is 0.00616. The van der Waals surface area contributed by atoms with Crippen molar-refractivity contribution >= 4 is 11.8 Å². The summed E-state index contributed by atoms with van der Waals surface area (Å²) in [6.45, 7) is 7.75. The van der Waals surface area contributed by atoms with Gasteiger partial charge in [-0.2, -0.15) is 0 Å². The predicted octanol–water partition coefficient (Wildman–Crippen LogP) is 0.626. The Morgan fingerprint density at radius 2 is 2.50 bits per heavy atom. The third-order valence-corrected chi connectivity index (χ3v) is 3.70. The summed E-state index contributed by atoms with van der Waals surface area (Å²) in [4.78, 5) is 26.2. The van der Waals surface area contributed by atoms with Crippen LogP contribution in [0.3, 0.4) is 0 Å². The molecule has 3 heterocycles. The predicted molar refractivity (Wildman–Crippen MR) is 58.8 cm³/mol. The van der Waals surface area contributed by atoms with Crippen molar-refractivity contribution in [2.24, 2.45) is 11.3 Å². The quantitative estimate of drug-likeness (QED) is 0.400. The maximum atomic E-state index is 12.1. The van der Waals surface area contributed by atoms with Gasteiger partial charge in [0.15, 0.2) is 5.78 Å². The molecule has 0 amide bonds. The molecule has 0 aliphatic carbocycles. The average Bonchev–Trinajstić information content (AvgIpc) is 2.29. The fourth-order valence-electron chi connectivity index (χ4n) is 2.78. The molecule has 0 N–H and O–H groups in total. The summed E-state index contributed by atoms with van der Waals surface area (Å²) in [7, 11) is 0. The second-order valence-electron chi connectivity index (χ2n) is 4.44. The van der Waals surface area contributed by atoms with E-state index in [2.05, 4.69) is 11.5 Å². The number of hydrogen-bond donors (Lipinski definition) is 0. The zero-order valence-corrected chi connectivity index (χ0v) is 9.57. The van der Waals surface area contributed by atoms with Crippen LogP contribution in [0, 0.1) is 11.3 Å². The van der Waals surface area contributed by atoms with Crippen molar-refractivity contribution in [1.29, 1.82) is 0 Å². The highest BCUT2D eigenvalue weighted by molar-refractivity contribution is 6.06. The average molecular weight is 223 g/mol. The van der Waals surface area contributed by atoms with Gasteiger partial charge in [0.1, 0.15) is 5.41 Å². The molecule has 2 bridgehead atoms. The first-order valence-corrected chi connectivity index (χ1v) is 5.70. The number of ketones is 1. The smallest absolute Gasteiger partial charge is 0.320 e. The fourth-order valence-corrected chi connectivity index (χ4v) is 2.78. The van der Waals surface area contributed by atoms with E-state index in [4.69, 9.17) is 4.74 Å². The Kier molecular flexibility index (Phi) is 2.84. The Balaban J connectivity index is 2.34. The first kappa shape index (κ1) is 11.3. The number of carbonyl (C=O) groups is 2. The fraction of sp³-hybridized carbons (Fsp3) is 0.667. The first-order valence-electron chi connectivity index (χ1n) is 5.70. The van der Waals surface area contributed by atoms with Gasteiger partial charge in [-0.15, -0.1) is 6.58 Å². The summed E-state index contributed by atoms with van der Waals surface area (Å²) >= 11 is 0. The Morgan fingerprint density at radius 1 is 1.75 bits per heavy atom. The van der Waals surface area contributed by atoms with Gasteiger partial charge in [-0.05, 0) is 13.3 Å². The SMILES string of the molecule is C=C[C@H]1CN2CC[C@]1(C(=O)OCC)C(=O)C2. The van der Waals surface area contributed by atoms with Crippen LogP contribution in [0.5, 0.6) is 0 Å². The molecule has 0 saturated carbocycles. The number of carbonyl (C=O) groups excluding carboxylic acids is 2. The van der Waals surface area contributed by atoms with Gasteiger partial charge in [-0.3, -0.25) is 14.5 Å². The van der Waals surface area contributed by atoms with Crippen LogP contribution in [0.2, 0.25) is 0 Å². The Labute approximate surface area is 95.2 Å². The lowest BCUT2D eigenvalue weighted by Crippen LogP contribution is -2.63. The summed E-state index contributed by atoms with van der Waals surface area (Å²) < 4.78 is 5.08. The molecule has 16 heavy (non-hydrogen) atoms. The lowest BCUT2D eigenvalue weighted by atomic mass is 9.64. The highest BCUT2D eigenvalue weighted by Crippen LogP contribution is 2.43. The number of piperidine rings is 3. The highest BCUT2D eigenvalue weighted by Gasteiger charge is 2.57. The Hall–Kier alpha value is -1.16. The number of nitrogens with zero attached hydrogens (tertiary/aromatic N) is 1. The second-order valence-corrected chi connectivity index (χ2v) is 4.44. The third-order valence-electron chi connectivity index (χ3n) is 3.70. The molecule has 1 unspecified atom stereocenters. The molecule has 0 aromatic heterocycles. The van der Waals surface area contributed by atoms with Crippen LogP contribution in [-0.2, 0) is 14.3 Å². The first-order chi connectivity index (χ1) is 7.65. The van der Waals surface area contributed by atoms with Crippen LogP contribution in [-0.4, -0.2) is 42.9 Å². The molecule has 3 saturated heterocycles. The number of fused-ring (bicyclic) bond motifs is 3.